The molecule has 1 aliphatic rings. The van der Waals surface area contributed by atoms with Gasteiger partial charge in [0, 0.05) is 5.56 Å². The van der Waals surface area contributed by atoms with Crippen LogP contribution < -0.4 is 5.43 Å². The minimum absolute atomic E-state index is 0.197. The molecule has 8 heteroatoms. The zero-order valence-electron chi connectivity index (χ0n) is 11.5. The number of thiocarbonyl (C=S) groups is 1. The maximum Gasteiger partial charge on any atom is 0.285 e. The van der Waals surface area contributed by atoms with Gasteiger partial charge in [0.05, 0.1) is 9.78 Å². The predicted molar refractivity (Wildman–Crippen MR) is 93.2 cm³/mol. The predicted octanol–water partition coefficient (Wildman–Crippen LogP) is 3.43. The van der Waals surface area contributed by atoms with Gasteiger partial charge in [0.2, 0.25) is 0 Å². The van der Waals surface area contributed by atoms with Gasteiger partial charge < -0.3 is 0 Å². The number of hydrogen-bond donors (Lipinski definition) is 1. The third kappa shape index (κ3) is 3.34. The number of amides is 2. The summed E-state index contributed by atoms with van der Waals surface area (Å²) in [5, 5.41) is 2.77. The summed E-state index contributed by atoms with van der Waals surface area (Å²) in [5.41, 5.74) is 2.76. The average molecular weight is 364 g/mol. The van der Waals surface area contributed by atoms with E-state index < -0.39 is 17.6 Å². The first kappa shape index (κ1) is 15.9. The molecule has 1 saturated heterocycles. The second-order valence-electron chi connectivity index (χ2n) is 4.46. The van der Waals surface area contributed by atoms with E-state index in [0.717, 1.165) is 16.8 Å². The summed E-state index contributed by atoms with van der Waals surface area (Å²) in [5.74, 6) is -1.32. The zero-order valence-corrected chi connectivity index (χ0v) is 13.9. The van der Waals surface area contributed by atoms with Crippen molar-refractivity contribution in [1.82, 2.24) is 10.4 Å². The van der Waals surface area contributed by atoms with Crippen molar-refractivity contribution < 1.29 is 14.0 Å². The van der Waals surface area contributed by atoms with Crippen LogP contribution in [-0.4, -0.2) is 21.1 Å². The summed E-state index contributed by atoms with van der Waals surface area (Å²) >= 11 is 7.39. The molecule has 3 rings (SSSR count). The van der Waals surface area contributed by atoms with Crippen molar-refractivity contribution in [1.29, 1.82) is 0 Å². The molecule has 0 saturated carbocycles. The molecule has 0 atom stereocenters. The summed E-state index contributed by atoms with van der Waals surface area (Å²) < 4.78 is 13.9. The van der Waals surface area contributed by atoms with Crippen molar-refractivity contribution in [2.24, 2.45) is 0 Å². The van der Waals surface area contributed by atoms with Crippen LogP contribution in [0.4, 0.5) is 4.39 Å². The molecule has 116 valence electrons. The maximum atomic E-state index is 13.7. The number of carbonyl (C=O) groups is 2. The van der Waals surface area contributed by atoms with Crippen LogP contribution in [0, 0.1) is 5.82 Å². The van der Waals surface area contributed by atoms with Crippen LogP contribution in [0.5, 0.6) is 0 Å². The fourth-order valence-corrected chi connectivity index (χ4v) is 3.65. The van der Waals surface area contributed by atoms with Crippen LogP contribution in [0.3, 0.4) is 0 Å². The number of nitrogens with one attached hydrogen (secondary N) is 1. The highest BCUT2D eigenvalue weighted by Crippen LogP contribution is 2.31. The van der Waals surface area contributed by atoms with Gasteiger partial charge >= 0.3 is 0 Å². The van der Waals surface area contributed by atoms with Crippen LogP contribution in [0.15, 0.2) is 46.7 Å². The Morgan fingerprint density at radius 3 is 2.74 bits per heavy atom. The fraction of sp³-hybridized carbons (Fsp3) is 0. The molecule has 0 aliphatic carbocycles. The topological polar surface area (TPSA) is 49.4 Å². The lowest BCUT2D eigenvalue weighted by molar-refractivity contribution is -0.123. The maximum absolute atomic E-state index is 13.7. The van der Waals surface area contributed by atoms with E-state index >= 15 is 0 Å². The van der Waals surface area contributed by atoms with Crippen LogP contribution >= 0.6 is 35.3 Å². The van der Waals surface area contributed by atoms with Gasteiger partial charge in [-0.3, -0.25) is 15.0 Å². The first-order valence-electron chi connectivity index (χ1n) is 6.43. The molecule has 2 aromatic rings. The van der Waals surface area contributed by atoms with Crippen molar-refractivity contribution in [3.05, 3.63) is 62.9 Å². The highest BCUT2D eigenvalue weighted by atomic mass is 32.2. The molecule has 0 radical (unpaired) electrons. The van der Waals surface area contributed by atoms with Crippen molar-refractivity contribution >= 4 is 57.5 Å². The molecule has 1 aromatic carbocycles. The van der Waals surface area contributed by atoms with Crippen LogP contribution in [0.1, 0.15) is 15.2 Å². The smallest absolute Gasteiger partial charge is 0.266 e. The largest absolute Gasteiger partial charge is 0.285 e. The van der Waals surface area contributed by atoms with Crippen LogP contribution in [-0.2, 0) is 4.79 Å². The summed E-state index contributed by atoms with van der Waals surface area (Å²) in [6, 6.07) is 9.50. The number of thioether (sulfide) groups is 1. The number of benzene rings is 1. The Hall–Kier alpha value is -2.03. The Balaban J connectivity index is 1.80. The van der Waals surface area contributed by atoms with E-state index in [9.17, 15) is 14.0 Å². The highest BCUT2D eigenvalue weighted by molar-refractivity contribution is 8.26. The highest BCUT2D eigenvalue weighted by Gasteiger charge is 2.34. The van der Waals surface area contributed by atoms with E-state index in [1.165, 1.54) is 23.5 Å². The lowest BCUT2D eigenvalue weighted by Gasteiger charge is -2.14. The summed E-state index contributed by atoms with van der Waals surface area (Å²) in [6.45, 7) is 0. The molecule has 1 fully saturated rings. The second-order valence-corrected chi connectivity index (χ2v) is 7.08. The van der Waals surface area contributed by atoms with Crippen LogP contribution in [0.2, 0.25) is 0 Å². The molecule has 0 bridgehead atoms. The SMILES string of the molecule is O=C(NN1C(=O)/C(=C/c2ccccc2F)SC1=S)c1cccs1. The molecule has 0 unspecified atom stereocenters. The first-order valence-corrected chi connectivity index (χ1v) is 8.53. The van der Waals surface area contributed by atoms with E-state index in [-0.39, 0.29) is 14.8 Å². The van der Waals surface area contributed by atoms with E-state index in [4.69, 9.17) is 12.2 Å². The second kappa shape index (κ2) is 6.61. The van der Waals surface area contributed by atoms with Crippen LogP contribution in [0.25, 0.3) is 6.08 Å². The zero-order chi connectivity index (χ0) is 16.4. The first-order chi connectivity index (χ1) is 11.1. The van der Waals surface area contributed by atoms with Crippen molar-refractivity contribution in [2.75, 3.05) is 0 Å². The molecule has 1 N–H and O–H groups in total. The summed E-state index contributed by atoms with van der Waals surface area (Å²) in [7, 11) is 0. The van der Waals surface area contributed by atoms with Gasteiger partial charge in [-0.2, -0.15) is 5.01 Å². The monoisotopic (exact) mass is 364 g/mol. The number of thiophene rings is 1. The van der Waals surface area contributed by atoms with E-state index in [2.05, 4.69) is 5.43 Å². The minimum atomic E-state index is -0.479. The number of hydrazine groups is 1. The van der Waals surface area contributed by atoms with E-state index in [1.807, 2.05) is 0 Å². The molecular formula is C15H9FN2O2S3. The number of carbonyl (C=O) groups excluding carboxylic acids is 2. The van der Waals surface area contributed by atoms with Crippen molar-refractivity contribution in [2.45, 2.75) is 0 Å². The molecule has 23 heavy (non-hydrogen) atoms. The lowest BCUT2D eigenvalue weighted by Crippen LogP contribution is -2.44. The van der Waals surface area contributed by atoms with Gasteiger partial charge in [0.25, 0.3) is 11.8 Å². The van der Waals surface area contributed by atoms with Gasteiger partial charge in [0.15, 0.2) is 4.32 Å². The van der Waals surface area contributed by atoms with Gasteiger partial charge in [-0.05, 0) is 35.8 Å². The van der Waals surface area contributed by atoms with Gasteiger partial charge in [-0.25, -0.2) is 4.39 Å². The molecule has 4 nitrogen and oxygen atoms in total. The quantitative estimate of drug-likeness (QED) is 0.670. The minimum Gasteiger partial charge on any atom is -0.266 e. The van der Waals surface area contributed by atoms with E-state index in [1.54, 1.807) is 35.7 Å². The van der Waals surface area contributed by atoms with Gasteiger partial charge in [-0.15, -0.1) is 11.3 Å². The van der Waals surface area contributed by atoms with E-state index in [0.29, 0.717) is 4.88 Å². The number of halogens is 1. The molecule has 1 aromatic heterocycles. The Labute approximate surface area is 145 Å². The molecular weight excluding hydrogens is 355 g/mol. The Morgan fingerprint density at radius 2 is 2.04 bits per heavy atom. The van der Waals surface area contributed by atoms with Gasteiger partial charge in [0.1, 0.15) is 5.82 Å². The fourth-order valence-electron chi connectivity index (χ4n) is 1.86. The molecule has 2 amide bonds. The van der Waals surface area contributed by atoms with Crippen molar-refractivity contribution in [3.63, 3.8) is 0 Å². The average Bonchev–Trinajstić information content (AvgIpc) is 3.14. The molecule has 1 aliphatic heterocycles. The third-order valence-electron chi connectivity index (χ3n) is 2.94. The summed E-state index contributed by atoms with van der Waals surface area (Å²) in [4.78, 5) is 25.1. The molecule has 0 spiro atoms. The Bertz CT molecular complexity index is 818. The number of hydrogen-bond acceptors (Lipinski definition) is 5. The molecule has 2 heterocycles. The standard InChI is InChI=1S/C15H9FN2O2S3/c16-10-5-2-1-4-9(10)8-12-14(20)18(15(21)23-12)17-13(19)11-6-3-7-22-11/h1-8H,(H,17,19)/b12-8-. The van der Waals surface area contributed by atoms with Crippen molar-refractivity contribution in [3.8, 4) is 0 Å². The summed E-state index contributed by atoms with van der Waals surface area (Å²) in [6.07, 6.45) is 1.42. The Morgan fingerprint density at radius 1 is 1.26 bits per heavy atom. The normalized spacial score (nSPS) is 16.2. The lowest BCUT2D eigenvalue weighted by atomic mass is 10.2. The third-order valence-corrected chi connectivity index (χ3v) is 5.11. The van der Waals surface area contributed by atoms with Gasteiger partial charge in [-0.1, -0.05) is 36.0 Å². The Kier molecular flexibility index (Phi) is 4.56. The number of nitrogens with zero attached hydrogens (tertiary/aromatic N) is 1. The number of rotatable bonds is 3.